The van der Waals surface area contributed by atoms with Crippen LogP contribution < -0.4 is 37.6 Å². The maximum absolute atomic E-state index is 15.6. The first-order valence-corrected chi connectivity index (χ1v) is 45.4. The summed E-state index contributed by atoms with van der Waals surface area (Å²) in [5.41, 5.74) is 10.3. The molecule has 9 rings (SSSR count). The average Bonchev–Trinajstić information content (AvgIpc) is 1.35. The van der Waals surface area contributed by atoms with Crippen molar-refractivity contribution in [2.75, 3.05) is 66.4 Å². The molecule has 3 heterocycles. The Morgan fingerprint density at radius 2 is 1.02 bits per heavy atom. The lowest BCUT2D eigenvalue weighted by atomic mass is 9.84. The third kappa shape index (κ3) is 29.6. The number of nitrogens with two attached hydrogens (primary N) is 1. The number of unbranched alkanes of at least 4 members (excludes halogenated alkanes) is 1. The fourth-order valence-electron chi connectivity index (χ4n) is 16.2. The summed E-state index contributed by atoms with van der Waals surface area (Å²) in [6.07, 6.45) is 1.40. The molecule has 11 atom stereocenters. The number of phenols is 1. The number of Topliss-reactive ketones (excluding diaryl/α,β-unsaturated/α-hetero) is 3. The second-order valence-electron chi connectivity index (χ2n) is 34.4. The Kier molecular flexibility index (Phi) is 38.3. The first kappa shape index (κ1) is 101. The van der Waals surface area contributed by atoms with Gasteiger partial charge in [0.1, 0.15) is 66.5 Å². The van der Waals surface area contributed by atoms with Gasteiger partial charge in [0.15, 0.2) is 11.6 Å². The summed E-state index contributed by atoms with van der Waals surface area (Å²) >= 11 is 0.888. The summed E-state index contributed by atoms with van der Waals surface area (Å²) in [7, 11) is 6.91. The molecule has 2 aromatic heterocycles. The molecule has 1 aliphatic heterocycles. The molecular weight excluding hydrogens is 1690 g/mol. The quantitative estimate of drug-likeness (QED) is 0.0284. The molecule has 1 aliphatic rings. The number of ketones is 3. The maximum Gasteiger partial charge on any atom is 0.293 e. The molecule has 0 radical (unpaired) electrons. The van der Waals surface area contributed by atoms with Gasteiger partial charge in [-0.05, 0) is 88.4 Å². The minimum Gasteiger partial charge on any atom is -0.508 e. The van der Waals surface area contributed by atoms with E-state index < -0.39 is 211 Å². The zero-order valence-corrected chi connectivity index (χ0v) is 76.7. The number of rotatable bonds is 25. The second-order valence-corrected chi connectivity index (χ2v) is 35.5. The van der Waals surface area contributed by atoms with E-state index >= 15 is 47.9 Å². The van der Waals surface area contributed by atoms with Crippen LogP contribution in [-0.2, 0) is 120 Å². The summed E-state index contributed by atoms with van der Waals surface area (Å²) in [5, 5.41) is 28.8. The fraction of sp³-hybridized carbons (Fsp3) is 0.429. The van der Waals surface area contributed by atoms with Crippen molar-refractivity contribution in [2.24, 2.45) is 29.4 Å². The van der Waals surface area contributed by atoms with Crippen LogP contribution in [0.2, 0.25) is 0 Å². The molecular formula is C98H122N14O18S. The first-order valence-electron chi connectivity index (χ1n) is 44.2. The second kappa shape index (κ2) is 49.5. The van der Waals surface area contributed by atoms with E-state index in [-0.39, 0.29) is 75.3 Å². The minimum absolute atomic E-state index is 0.0565. The Hall–Kier alpha value is -13.3. The van der Waals surface area contributed by atoms with Gasteiger partial charge in [-0.15, -0.1) is 11.8 Å². The van der Waals surface area contributed by atoms with Gasteiger partial charge < -0.3 is 81.9 Å². The lowest BCUT2D eigenvalue weighted by molar-refractivity contribution is -0.151. The Morgan fingerprint density at radius 3 is 1.64 bits per heavy atom. The molecule has 8 aromatic rings. The van der Waals surface area contributed by atoms with Crippen LogP contribution in [0.25, 0.3) is 21.8 Å². The Balaban J connectivity index is 1.12. The van der Waals surface area contributed by atoms with Gasteiger partial charge in [0, 0.05) is 145 Å². The molecule has 12 amide bonds. The van der Waals surface area contributed by atoms with Crippen molar-refractivity contribution in [3.63, 3.8) is 0 Å². The zero-order valence-electron chi connectivity index (χ0n) is 75.9. The van der Waals surface area contributed by atoms with Crippen molar-refractivity contribution >= 4 is 128 Å². The summed E-state index contributed by atoms with van der Waals surface area (Å²) in [6, 6.07) is 33.5. The third-order valence-electron chi connectivity index (χ3n) is 23.7. The van der Waals surface area contributed by atoms with Crippen LogP contribution in [0.5, 0.6) is 5.75 Å². The molecule has 11 N–H and O–H groups in total. The Morgan fingerprint density at radius 1 is 0.496 bits per heavy atom. The number of primary amides is 1. The Labute approximate surface area is 767 Å². The number of thioether (sulfide) groups is 1. The number of benzene rings is 6. The minimum atomic E-state index is -1.57. The molecule has 698 valence electrons. The monoisotopic (exact) mass is 1810 g/mol. The number of carbonyl (C=O) groups is 16. The van der Waals surface area contributed by atoms with Gasteiger partial charge in [-0.2, -0.15) is 0 Å². The normalized spacial score (nSPS) is 21.9. The van der Waals surface area contributed by atoms with Crippen molar-refractivity contribution in [3.8, 4) is 5.75 Å². The summed E-state index contributed by atoms with van der Waals surface area (Å²) < 4.78 is 5.18. The predicted octanol–water partition coefficient (Wildman–Crippen LogP) is 6.21. The van der Waals surface area contributed by atoms with Gasteiger partial charge in [-0.25, -0.2) is 0 Å². The van der Waals surface area contributed by atoms with Crippen molar-refractivity contribution in [3.05, 3.63) is 210 Å². The number of amides is 12. The van der Waals surface area contributed by atoms with E-state index in [2.05, 4.69) is 41.9 Å². The maximum atomic E-state index is 15.6. The number of ether oxygens (including phenoxy) is 1. The van der Waals surface area contributed by atoms with Crippen LogP contribution in [0, 0.1) is 23.7 Å². The SMILES string of the molecule is CCCC[C@H]1C(=O)N(C)CC(=O)C[C@@H](COC=O)C(=O)C[C@@H](C(C)C)C(=O)N(C)[C@@H](Cc2ccccc2)C(=O)N[C@@H](Cc2cccc3[nH]ccc23)C(=O)N(C)CC(=O)N[C@@H](Cc2c[nH]c3ccccc23)C(=O)N[C@@H](Cc2ccc(O)cc2)C(=O)N[C@@H](CC(C)C)C(=O)N[C@H](C(=O)CCC(N)=O)CSCC(=O)N[C@@H](Cc2ccccc2)C(=O)N(C)[C@@H](Cc2ccccc2)C(=O)N1C. The van der Waals surface area contributed by atoms with E-state index in [1.807, 2.05) is 13.0 Å². The number of likely N-dealkylation sites (N-methyl/N-ethyl adjacent to an activating group) is 5. The average molecular weight is 1820 g/mol. The van der Waals surface area contributed by atoms with E-state index in [4.69, 9.17) is 10.5 Å². The smallest absolute Gasteiger partial charge is 0.293 e. The van der Waals surface area contributed by atoms with Crippen LogP contribution in [0.4, 0.5) is 0 Å². The summed E-state index contributed by atoms with van der Waals surface area (Å²) in [5.74, 6) is -15.9. The number of aromatic amines is 2. The van der Waals surface area contributed by atoms with Crippen LogP contribution >= 0.6 is 11.8 Å². The van der Waals surface area contributed by atoms with Gasteiger partial charge in [-0.3, -0.25) is 76.7 Å². The predicted molar refractivity (Wildman–Crippen MR) is 496 cm³/mol. The summed E-state index contributed by atoms with van der Waals surface area (Å²) in [6.45, 7) is 6.99. The Bertz CT molecular complexity index is 5300. The number of para-hydroxylation sites is 1. The highest BCUT2D eigenvalue weighted by Crippen LogP contribution is 2.28. The molecule has 0 unspecified atom stereocenters. The molecule has 32 nitrogen and oxygen atoms in total. The molecule has 1 saturated heterocycles. The standard InChI is InChI=1S/C98H122N14O18S/c1-11-12-35-82-97(128)108(6)54-70(115)49-68(56-130-59-113)86(117)52-73(61(4)5)94(125)111(9)83(47-63-27-18-14-19-28-63)93(124)106-80(50-66-31-24-34-74-72(66)42-43-100-74)95(126)109(7)55-88(119)102-78(51-67-53-101-75-33-23-22-32-71(67)75)92(123)105-77(45-65-36-38-69(114)39-37-65)91(122)104-76(44-60(2)3)90(121)107-81(85(116)40-41-87(99)118)57-131-58-89(120)103-79(46-62-25-16-13-17-26-62)96(127)112(10)84(98(129)110(82)8)48-64-29-20-15-21-30-64/h13-34,36-39,42-43,53,59-61,68,73,76-84,100-101,114H,11-12,35,40-41,44-52,54-58H2,1-10H3,(H2,99,118)(H,102,119)(H,103,120)(H,104,122)(H,105,123)(H,106,124)(H,107,121)/t68-,73-,76-,77-,78-,79-,80-,81-,82-,83-,84-/m0/s1. The van der Waals surface area contributed by atoms with Crippen LogP contribution in [0.15, 0.2) is 176 Å². The van der Waals surface area contributed by atoms with E-state index in [0.717, 1.165) is 21.6 Å². The third-order valence-corrected chi connectivity index (χ3v) is 24.7. The van der Waals surface area contributed by atoms with E-state index in [1.165, 1.54) is 74.2 Å². The van der Waals surface area contributed by atoms with Crippen molar-refractivity contribution in [1.82, 2.24) is 66.4 Å². The first-order chi connectivity index (χ1) is 62.6. The number of hydrogen-bond acceptors (Lipinski definition) is 19. The number of aromatic nitrogens is 2. The van der Waals surface area contributed by atoms with Gasteiger partial charge in [0.25, 0.3) is 6.47 Å². The summed E-state index contributed by atoms with van der Waals surface area (Å²) in [4.78, 5) is 248. The highest BCUT2D eigenvalue weighted by atomic mass is 32.2. The largest absolute Gasteiger partial charge is 0.508 e. The molecule has 6 aromatic carbocycles. The molecule has 33 heteroatoms. The van der Waals surface area contributed by atoms with Crippen molar-refractivity contribution < 1.29 is 86.6 Å². The molecule has 1 fully saturated rings. The topological polar surface area (TPSA) is 449 Å². The molecule has 131 heavy (non-hydrogen) atoms. The lowest BCUT2D eigenvalue weighted by Gasteiger charge is -2.37. The van der Waals surface area contributed by atoms with Crippen LogP contribution in [0.3, 0.4) is 0 Å². The van der Waals surface area contributed by atoms with Crippen LogP contribution in [0.1, 0.15) is 119 Å². The number of phenolic OH excluding ortho intramolecular Hbond substituents is 1. The van der Waals surface area contributed by atoms with E-state index in [0.29, 0.717) is 68.0 Å². The van der Waals surface area contributed by atoms with Gasteiger partial charge >= 0.3 is 0 Å². The van der Waals surface area contributed by atoms with Gasteiger partial charge in [0.2, 0.25) is 70.9 Å². The number of nitrogens with zero attached hydrogens (tertiary/aromatic N) is 5. The molecule has 0 bridgehead atoms. The van der Waals surface area contributed by atoms with E-state index in [9.17, 15) is 33.9 Å². The van der Waals surface area contributed by atoms with E-state index in [1.54, 1.807) is 174 Å². The number of nitrogens with one attached hydrogen (secondary N) is 8. The number of hydrogen-bond donors (Lipinski definition) is 10. The lowest BCUT2D eigenvalue weighted by Crippen LogP contribution is -2.59. The molecule has 0 saturated carbocycles. The van der Waals surface area contributed by atoms with Gasteiger partial charge in [0.05, 0.1) is 30.8 Å². The highest BCUT2D eigenvalue weighted by molar-refractivity contribution is 8.00. The molecule has 0 spiro atoms. The molecule has 0 aliphatic carbocycles. The zero-order chi connectivity index (χ0) is 95.1. The fourth-order valence-corrected chi connectivity index (χ4v) is 17.1. The van der Waals surface area contributed by atoms with Crippen molar-refractivity contribution in [2.45, 2.75) is 179 Å². The van der Waals surface area contributed by atoms with Crippen LogP contribution in [-0.4, -0.2) is 255 Å². The van der Waals surface area contributed by atoms with Gasteiger partial charge in [-0.1, -0.05) is 181 Å². The number of H-pyrrole nitrogens is 2. The highest BCUT2D eigenvalue weighted by Gasteiger charge is 2.42. The van der Waals surface area contributed by atoms with Crippen molar-refractivity contribution in [1.29, 1.82) is 0 Å². The number of carbonyl (C=O) groups excluding carboxylic acids is 16. The number of aromatic hydroxyl groups is 1. The number of fused-ring (bicyclic) bond motifs is 2.